The number of rotatable bonds is 17. The SMILES string of the molecule is CCCN(CCC)CCC[C@H](NC(=O)c1ccc(CNCc2ncc[nH]2)cc1)C(=O)NC(C)c1ccc(F)c2ccccc12. The van der Waals surface area contributed by atoms with E-state index in [1.54, 1.807) is 42.7 Å². The van der Waals surface area contributed by atoms with Crippen molar-refractivity contribution in [3.05, 3.63) is 101 Å². The highest BCUT2D eigenvalue weighted by atomic mass is 19.1. The Bertz CT molecular complexity index is 1470. The number of aromatic nitrogens is 2. The summed E-state index contributed by atoms with van der Waals surface area (Å²) in [4.78, 5) is 36.7. The summed E-state index contributed by atoms with van der Waals surface area (Å²) < 4.78 is 14.4. The first-order valence-electron chi connectivity index (χ1n) is 15.7. The minimum atomic E-state index is -0.712. The Labute approximate surface area is 259 Å². The lowest BCUT2D eigenvalue weighted by Gasteiger charge is -2.25. The molecule has 234 valence electrons. The minimum Gasteiger partial charge on any atom is -0.348 e. The molecule has 0 aliphatic heterocycles. The van der Waals surface area contributed by atoms with E-state index >= 15 is 0 Å². The quantitative estimate of drug-likeness (QED) is 0.121. The zero-order valence-electron chi connectivity index (χ0n) is 26.0. The van der Waals surface area contributed by atoms with Crippen molar-refractivity contribution in [3.8, 4) is 0 Å². The summed E-state index contributed by atoms with van der Waals surface area (Å²) in [5, 5.41) is 10.7. The van der Waals surface area contributed by atoms with Crippen molar-refractivity contribution in [2.45, 2.75) is 71.6 Å². The van der Waals surface area contributed by atoms with Crippen LogP contribution in [-0.2, 0) is 17.9 Å². The Morgan fingerprint density at radius 3 is 2.32 bits per heavy atom. The average molecular weight is 601 g/mol. The van der Waals surface area contributed by atoms with Crippen LogP contribution in [0.25, 0.3) is 10.8 Å². The number of nitrogens with one attached hydrogen (secondary N) is 4. The number of amides is 2. The van der Waals surface area contributed by atoms with E-state index < -0.39 is 6.04 Å². The van der Waals surface area contributed by atoms with Crippen molar-refractivity contribution in [3.63, 3.8) is 0 Å². The van der Waals surface area contributed by atoms with Crippen LogP contribution in [-0.4, -0.2) is 52.4 Å². The predicted molar refractivity (Wildman–Crippen MR) is 174 cm³/mol. The molecule has 3 aromatic carbocycles. The summed E-state index contributed by atoms with van der Waals surface area (Å²) in [6, 6.07) is 16.7. The number of hydrogen-bond donors (Lipinski definition) is 4. The van der Waals surface area contributed by atoms with Crippen molar-refractivity contribution in [1.29, 1.82) is 0 Å². The molecular weight excluding hydrogens is 555 g/mol. The number of nitrogens with zero attached hydrogens (tertiary/aromatic N) is 2. The molecule has 8 nitrogen and oxygen atoms in total. The largest absolute Gasteiger partial charge is 0.348 e. The number of hydrogen-bond acceptors (Lipinski definition) is 5. The van der Waals surface area contributed by atoms with Crippen LogP contribution in [0.4, 0.5) is 4.39 Å². The maximum absolute atomic E-state index is 14.4. The van der Waals surface area contributed by atoms with Gasteiger partial charge >= 0.3 is 0 Å². The van der Waals surface area contributed by atoms with Gasteiger partial charge in [0.1, 0.15) is 17.7 Å². The monoisotopic (exact) mass is 600 g/mol. The number of benzene rings is 3. The standard InChI is InChI=1S/C35H45FN6O2/c1-4-20-42(21-5-2)22-8-11-32(35(44)40-25(3)28-16-17-31(36)30-10-7-6-9-29(28)30)41-34(43)27-14-12-26(13-15-27)23-37-24-33-38-18-19-39-33/h6-7,9-10,12-19,25,32,37H,4-5,8,11,20-24H2,1-3H3,(H,38,39)(H,40,44)(H,41,43)/t25?,32-/m0/s1. The zero-order valence-corrected chi connectivity index (χ0v) is 26.0. The summed E-state index contributed by atoms with van der Waals surface area (Å²) in [5.41, 5.74) is 2.36. The molecule has 0 saturated heterocycles. The number of H-pyrrole nitrogens is 1. The molecule has 0 bridgehead atoms. The van der Waals surface area contributed by atoms with Crippen molar-refractivity contribution >= 4 is 22.6 Å². The molecule has 0 spiro atoms. The van der Waals surface area contributed by atoms with Crippen LogP contribution < -0.4 is 16.0 Å². The number of carbonyl (C=O) groups excluding carboxylic acids is 2. The second kappa shape index (κ2) is 16.7. The van der Waals surface area contributed by atoms with Crippen molar-refractivity contribution < 1.29 is 14.0 Å². The third kappa shape index (κ3) is 9.21. The van der Waals surface area contributed by atoms with E-state index in [1.807, 2.05) is 31.2 Å². The van der Waals surface area contributed by atoms with E-state index in [-0.39, 0.29) is 23.7 Å². The number of carbonyl (C=O) groups is 2. The smallest absolute Gasteiger partial charge is 0.251 e. The Hall–Kier alpha value is -4.08. The van der Waals surface area contributed by atoms with Gasteiger partial charge in [-0.05, 0) is 87.0 Å². The molecule has 4 rings (SSSR count). The van der Waals surface area contributed by atoms with Crippen LogP contribution in [0.5, 0.6) is 0 Å². The van der Waals surface area contributed by atoms with Crippen molar-refractivity contribution in [2.24, 2.45) is 0 Å². The van der Waals surface area contributed by atoms with Gasteiger partial charge in [0.15, 0.2) is 0 Å². The molecule has 0 aliphatic carbocycles. The molecule has 9 heteroatoms. The molecule has 1 heterocycles. The Kier molecular flexibility index (Phi) is 12.4. The van der Waals surface area contributed by atoms with Crippen molar-refractivity contribution in [2.75, 3.05) is 19.6 Å². The summed E-state index contributed by atoms with van der Waals surface area (Å²) in [6.07, 6.45) is 6.92. The number of halogens is 1. The highest BCUT2D eigenvalue weighted by Crippen LogP contribution is 2.26. The number of fused-ring (bicyclic) bond motifs is 1. The van der Waals surface area contributed by atoms with Crippen LogP contribution in [0.2, 0.25) is 0 Å². The van der Waals surface area contributed by atoms with E-state index in [4.69, 9.17) is 0 Å². The molecule has 0 saturated carbocycles. The normalized spacial score (nSPS) is 12.8. The second-order valence-corrected chi connectivity index (χ2v) is 11.3. The van der Waals surface area contributed by atoms with Crippen LogP contribution in [0.3, 0.4) is 0 Å². The topological polar surface area (TPSA) is 102 Å². The molecule has 2 amide bonds. The van der Waals surface area contributed by atoms with Gasteiger partial charge in [-0.2, -0.15) is 0 Å². The van der Waals surface area contributed by atoms with Crippen LogP contribution >= 0.6 is 0 Å². The third-order valence-corrected chi connectivity index (χ3v) is 7.79. The van der Waals surface area contributed by atoms with Gasteiger partial charge in [0.05, 0.1) is 12.6 Å². The Balaban J connectivity index is 1.42. The zero-order chi connectivity index (χ0) is 31.3. The van der Waals surface area contributed by atoms with E-state index in [1.165, 1.54) is 6.07 Å². The molecule has 0 fully saturated rings. The summed E-state index contributed by atoms with van der Waals surface area (Å²) in [6.45, 7) is 10.4. The lowest BCUT2D eigenvalue weighted by atomic mass is 9.98. The molecular formula is C35H45FN6O2. The van der Waals surface area contributed by atoms with Crippen LogP contribution in [0, 0.1) is 5.82 Å². The fraction of sp³-hybridized carbons (Fsp3) is 0.400. The Morgan fingerprint density at radius 1 is 0.909 bits per heavy atom. The molecule has 2 atom stereocenters. The van der Waals surface area contributed by atoms with Gasteiger partial charge < -0.3 is 25.8 Å². The summed E-state index contributed by atoms with van der Waals surface area (Å²) >= 11 is 0. The van der Waals surface area contributed by atoms with Crippen LogP contribution in [0.1, 0.15) is 79.8 Å². The highest BCUT2D eigenvalue weighted by molar-refractivity contribution is 5.97. The first-order valence-corrected chi connectivity index (χ1v) is 15.7. The molecule has 4 N–H and O–H groups in total. The molecule has 4 aromatic rings. The Morgan fingerprint density at radius 2 is 1.64 bits per heavy atom. The van der Waals surface area contributed by atoms with Gasteiger partial charge in [0.25, 0.3) is 5.91 Å². The van der Waals surface area contributed by atoms with E-state index in [2.05, 4.69) is 44.7 Å². The van der Waals surface area contributed by atoms with E-state index in [0.717, 1.165) is 61.2 Å². The first kappa shape index (κ1) is 32.8. The maximum atomic E-state index is 14.4. The molecule has 0 radical (unpaired) electrons. The average Bonchev–Trinajstić information content (AvgIpc) is 3.55. The molecule has 1 unspecified atom stereocenters. The second-order valence-electron chi connectivity index (χ2n) is 11.3. The fourth-order valence-electron chi connectivity index (χ4n) is 5.55. The van der Waals surface area contributed by atoms with Gasteiger partial charge in [-0.3, -0.25) is 9.59 Å². The van der Waals surface area contributed by atoms with Crippen molar-refractivity contribution in [1.82, 2.24) is 30.8 Å². The minimum absolute atomic E-state index is 0.254. The molecule has 44 heavy (non-hydrogen) atoms. The third-order valence-electron chi connectivity index (χ3n) is 7.79. The highest BCUT2D eigenvalue weighted by Gasteiger charge is 2.24. The summed E-state index contributed by atoms with van der Waals surface area (Å²) in [7, 11) is 0. The lowest BCUT2D eigenvalue weighted by molar-refractivity contribution is -0.123. The fourth-order valence-corrected chi connectivity index (χ4v) is 5.55. The van der Waals surface area contributed by atoms with Gasteiger partial charge in [-0.15, -0.1) is 0 Å². The molecule has 1 aromatic heterocycles. The molecule has 0 aliphatic rings. The first-order chi connectivity index (χ1) is 21.4. The van der Waals surface area contributed by atoms with E-state index in [0.29, 0.717) is 30.5 Å². The van der Waals surface area contributed by atoms with Gasteiger partial charge in [0, 0.05) is 29.9 Å². The van der Waals surface area contributed by atoms with E-state index in [9.17, 15) is 14.0 Å². The maximum Gasteiger partial charge on any atom is 0.251 e. The van der Waals surface area contributed by atoms with Gasteiger partial charge in [-0.1, -0.05) is 56.3 Å². The number of imidazole rings is 1. The predicted octanol–water partition coefficient (Wildman–Crippen LogP) is 5.87. The van der Waals surface area contributed by atoms with Gasteiger partial charge in [0.2, 0.25) is 5.91 Å². The van der Waals surface area contributed by atoms with Crippen LogP contribution in [0.15, 0.2) is 73.1 Å². The summed E-state index contributed by atoms with van der Waals surface area (Å²) in [5.74, 6) is 0.0189. The number of aromatic amines is 1. The lowest BCUT2D eigenvalue weighted by Crippen LogP contribution is -2.47. The van der Waals surface area contributed by atoms with Gasteiger partial charge in [-0.25, -0.2) is 9.37 Å².